The summed E-state index contributed by atoms with van der Waals surface area (Å²) in [5.41, 5.74) is 3.02. The molecule has 0 bridgehead atoms. The monoisotopic (exact) mass is 416 g/mol. The van der Waals surface area contributed by atoms with E-state index in [0.717, 1.165) is 47.3 Å². The molecule has 168 valence electrons. The van der Waals surface area contributed by atoms with Gasteiger partial charge in [0.1, 0.15) is 0 Å². The normalized spacial score (nSPS) is 44.2. The number of rotatable bonds is 5. The molecule has 0 saturated heterocycles. The fourth-order valence-electron chi connectivity index (χ4n) is 7.44. The molecule has 0 heteroatoms. The van der Waals surface area contributed by atoms with E-state index in [0.29, 0.717) is 0 Å². The topological polar surface area (TPSA) is 0 Å². The minimum atomic E-state index is 0.763. The van der Waals surface area contributed by atoms with Crippen LogP contribution in [0.15, 0.2) is 59.8 Å². The molecule has 5 aliphatic rings. The Hall–Kier alpha value is -1.30. The summed E-state index contributed by atoms with van der Waals surface area (Å²) in [5, 5.41) is 0. The van der Waals surface area contributed by atoms with Crippen LogP contribution in [0.2, 0.25) is 0 Å². The van der Waals surface area contributed by atoms with Crippen molar-refractivity contribution >= 4 is 0 Å². The van der Waals surface area contributed by atoms with Gasteiger partial charge in [-0.1, -0.05) is 68.4 Å². The molecule has 2 unspecified atom stereocenters. The van der Waals surface area contributed by atoms with Gasteiger partial charge in [0.15, 0.2) is 0 Å². The zero-order chi connectivity index (χ0) is 21.2. The SMILES string of the molecule is C/C=C/C1CCC(/C=C2/C=CC=C(C3CC(C4CC(C5CCC(C)CC5)C4)C3)C=C2)C1. The lowest BCUT2D eigenvalue weighted by Gasteiger charge is -2.51. The Morgan fingerprint density at radius 2 is 1.42 bits per heavy atom. The van der Waals surface area contributed by atoms with Gasteiger partial charge in [-0.3, -0.25) is 0 Å². The standard InChI is InChI=1S/C31H44/c1-3-5-23-10-11-25(16-23)17-24-6-4-7-26(15-12-24)28-18-30(19-28)31-20-29(21-31)27-13-8-22(2)9-14-27/h3-7,12,15,17,22-23,25,27-31H,8-11,13-14,16,18-21H2,1-2H3/b5-3+,24-17-. The highest BCUT2D eigenvalue weighted by Crippen LogP contribution is 2.54. The summed E-state index contributed by atoms with van der Waals surface area (Å²) in [6, 6.07) is 0. The molecule has 0 amide bonds. The Labute approximate surface area is 191 Å². The molecule has 0 heterocycles. The van der Waals surface area contributed by atoms with Gasteiger partial charge in [-0.2, -0.15) is 0 Å². The van der Waals surface area contributed by atoms with E-state index in [-0.39, 0.29) is 0 Å². The number of hydrogen-bond donors (Lipinski definition) is 0. The summed E-state index contributed by atoms with van der Waals surface area (Å²) in [5.74, 6) is 7.66. The summed E-state index contributed by atoms with van der Waals surface area (Å²) >= 11 is 0. The van der Waals surface area contributed by atoms with E-state index in [9.17, 15) is 0 Å². The van der Waals surface area contributed by atoms with Gasteiger partial charge < -0.3 is 0 Å². The molecule has 5 aliphatic carbocycles. The molecular formula is C31H44. The molecule has 4 saturated carbocycles. The van der Waals surface area contributed by atoms with Crippen LogP contribution in [-0.2, 0) is 0 Å². The maximum absolute atomic E-state index is 2.54. The first kappa shape index (κ1) is 21.5. The van der Waals surface area contributed by atoms with Crippen molar-refractivity contribution in [3.63, 3.8) is 0 Å². The summed E-state index contributed by atoms with van der Waals surface area (Å²) in [7, 11) is 0. The molecule has 0 aromatic rings. The van der Waals surface area contributed by atoms with Crippen LogP contribution in [0.4, 0.5) is 0 Å². The third kappa shape index (κ3) is 5.04. The van der Waals surface area contributed by atoms with E-state index in [1.807, 2.05) is 0 Å². The summed E-state index contributed by atoms with van der Waals surface area (Å²) in [4.78, 5) is 0. The lowest BCUT2D eigenvalue weighted by Crippen LogP contribution is -2.41. The largest absolute Gasteiger partial charge is 0.0914 e. The molecular weight excluding hydrogens is 372 g/mol. The minimum Gasteiger partial charge on any atom is -0.0914 e. The van der Waals surface area contributed by atoms with Crippen molar-refractivity contribution in [2.75, 3.05) is 0 Å². The van der Waals surface area contributed by atoms with Crippen molar-refractivity contribution in [1.29, 1.82) is 0 Å². The Bertz CT molecular complexity index is 754. The van der Waals surface area contributed by atoms with E-state index >= 15 is 0 Å². The lowest BCUT2D eigenvalue weighted by atomic mass is 9.54. The predicted octanol–water partition coefficient (Wildman–Crippen LogP) is 8.84. The van der Waals surface area contributed by atoms with Crippen LogP contribution in [-0.4, -0.2) is 0 Å². The highest BCUT2D eigenvalue weighted by molar-refractivity contribution is 5.43. The van der Waals surface area contributed by atoms with Gasteiger partial charge in [-0.15, -0.1) is 0 Å². The summed E-state index contributed by atoms with van der Waals surface area (Å²) in [6.07, 6.45) is 35.2. The fraction of sp³-hybridized carbons (Fsp3) is 0.677. The van der Waals surface area contributed by atoms with Gasteiger partial charge >= 0.3 is 0 Å². The van der Waals surface area contributed by atoms with E-state index < -0.39 is 0 Å². The van der Waals surface area contributed by atoms with Crippen molar-refractivity contribution in [3.8, 4) is 0 Å². The molecule has 31 heavy (non-hydrogen) atoms. The quantitative estimate of drug-likeness (QED) is 0.393. The minimum absolute atomic E-state index is 0.763. The van der Waals surface area contributed by atoms with Crippen LogP contribution in [0, 0.1) is 47.3 Å². The van der Waals surface area contributed by atoms with E-state index in [1.165, 1.54) is 63.4 Å². The first-order chi connectivity index (χ1) is 15.2. The Kier molecular flexibility index (Phi) is 6.73. The molecule has 0 nitrogen and oxygen atoms in total. The Morgan fingerprint density at radius 3 is 2.19 bits per heavy atom. The van der Waals surface area contributed by atoms with Crippen LogP contribution >= 0.6 is 0 Å². The molecule has 0 spiro atoms. The van der Waals surface area contributed by atoms with E-state index in [1.54, 1.807) is 18.4 Å². The first-order valence-corrected chi connectivity index (χ1v) is 13.6. The van der Waals surface area contributed by atoms with Gasteiger partial charge in [0.05, 0.1) is 0 Å². The average molecular weight is 417 g/mol. The third-order valence-electron chi connectivity index (χ3n) is 9.70. The van der Waals surface area contributed by atoms with Crippen LogP contribution in [0.25, 0.3) is 0 Å². The predicted molar refractivity (Wildman–Crippen MR) is 134 cm³/mol. The van der Waals surface area contributed by atoms with Crippen LogP contribution in [0.5, 0.6) is 0 Å². The van der Waals surface area contributed by atoms with Crippen LogP contribution in [0.1, 0.15) is 84.5 Å². The van der Waals surface area contributed by atoms with Crippen molar-refractivity contribution in [2.45, 2.75) is 84.5 Å². The first-order valence-electron chi connectivity index (χ1n) is 13.6. The summed E-state index contributed by atoms with van der Waals surface area (Å²) < 4.78 is 0. The van der Waals surface area contributed by atoms with Gasteiger partial charge in [0, 0.05) is 0 Å². The highest BCUT2D eigenvalue weighted by Gasteiger charge is 2.44. The summed E-state index contributed by atoms with van der Waals surface area (Å²) in [6.45, 7) is 4.61. The molecule has 0 aromatic carbocycles. The zero-order valence-electron chi connectivity index (χ0n) is 20.0. The maximum atomic E-state index is 2.54. The van der Waals surface area contributed by atoms with E-state index in [2.05, 4.69) is 62.5 Å². The lowest BCUT2D eigenvalue weighted by molar-refractivity contribution is 0.00956. The third-order valence-corrected chi connectivity index (χ3v) is 9.70. The molecule has 5 rings (SSSR count). The smallest absolute Gasteiger partial charge is 0.0156 e. The number of hydrogen-bond acceptors (Lipinski definition) is 0. The molecule has 0 aliphatic heterocycles. The van der Waals surface area contributed by atoms with Crippen molar-refractivity contribution in [1.82, 2.24) is 0 Å². The van der Waals surface area contributed by atoms with Crippen molar-refractivity contribution in [2.24, 2.45) is 47.3 Å². The molecule has 2 atom stereocenters. The molecule has 0 aromatic heterocycles. The van der Waals surface area contributed by atoms with Crippen molar-refractivity contribution in [3.05, 3.63) is 59.8 Å². The Morgan fingerprint density at radius 1 is 0.710 bits per heavy atom. The molecule has 0 N–H and O–H groups in total. The van der Waals surface area contributed by atoms with Gasteiger partial charge in [0.2, 0.25) is 0 Å². The second-order valence-corrected chi connectivity index (χ2v) is 11.8. The Balaban J connectivity index is 1.06. The molecule has 4 fully saturated rings. The molecule has 0 radical (unpaired) electrons. The average Bonchev–Trinajstić information content (AvgIpc) is 3.01. The zero-order valence-corrected chi connectivity index (χ0v) is 20.0. The second-order valence-electron chi connectivity index (χ2n) is 11.8. The number of allylic oxidation sites excluding steroid dienone is 10. The highest BCUT2D eigenvalue weighted by atomic mass is 14.5. The maximum Gasteiger partial charge on any atom is -0.0156 e. The van der Waals surface area contributed by atoms with Crippen LogP contribution < -0.4 is 0 Å². The van der Waals surface area contributed by atoms with Gasteiger partial charge in [-0.25, -0.2) is 0 Å². The second kappa shape index (κ2) is 9.68. The van der Waals surface area contributed by atoms with Gasteiger partial charge in [0.25, 0.3) is 0 Å². The van der Waals surface area contributed by atoms with E-state index in [4.69, 9.17) is 0 Å². The fourth-order valence-corrected chi connectivity index (χ4v) is 7.44. The van der Waals surface area contributed by atoms with Crippen LogP contribution in [0.3, 0.4) is 0 Å². The van der Waals surface area contributed by atoms with Gasteiger partial charge in [-0.05, 0) is 123 Å². The van der Waals surface area contributed by atoms with Crippen molar-refractivity contribution < 1.29 is 0 Å².